The van der Waals surface area contributed by atoms with E-state index in [1.165, 1.54) is 17.0 Å². The summed E-state index contributed by atoms with van der Waals surface area (Å²) in [5.41, 5.74) is 1.09. The van der Waals surface area contributed by atoms with Gasteiger partial charge < -0.3 is 15.7 Å². The van der Waals surface area contributed by atoms with Gasteiger partial charge in [-0.1, -0.05) is 25.1 Å². The second-order valence-electron chi connectivity index (χ2n) is 5.45. The Morgan fingerprint density at radius 1 is 1.17 bits per heavy atom. The zero-order valence-electron chi connectivity index (χ0n) is 12.9. The number of nitrogens with one attached hydrogen (secondary N) is 2. The maximum absolute atomic E-state index is 11.8. The maximum atomic E-state index is 11.8. The van der Waals surface area contributed by atoms with E-state index in [4.69, 9.17) is 5.11 Å². The zero-order valence-corrected chi connectivity index (χ0v) is 13.7. The van der Waals surface area contributed by atoms with E-state index in [1.54, 1.807) is 23.5 Å². The van der Waals surface area contributed by atoms with Crippen molar-refractivity contribution in [1.82, 2.24) is 10.6 Å². The first kappa shape index (κ1) is 17.0. The van der Waals surface area contributed by atoms with Gasteiger partial charge in [0.2, 0.25) is 0 Å². The number of hydrogen-bond donors (Lipinski definition) is 3. The van der Waals surface area contributed by atoms with E-state index in [9.17, 15) is 9.59 Å². The second kappa shape index (κ2) is 8.33. The smallest absolute Gasteiger partial charge is 0.335 e. The topological polar surface area (TPSA) is 78.4 Å². The molecule has 0 fully saturated rings. The zero-order chi connectivity index (χ0) is 16.7. The minimum Gasteiger partial charge on any atom is -0.478 e. The fraction of sp³-hybridized carbons (Fsp3) is 0.294. The number of amides is 2. The van der Waals surface area contributed by atoms with Crippen LogP contribution in [-0.2, 0) is 13.0 Å². The van der Waals surface area contributed by atoms with Gasteiger partial charge in [-0.2, -0.15) is 0 Å². The summed E-state index contributed by atoms with van der Waals surface area (Å²) in [7, 11) is 0. The number of hydrogen-bond acceptors (Lipinski definition) is 3. The molecule has 1 aromatic heterocycles. The minimum absolute atomic E-state index is 0.217. The van der Waals surface area contributed by atoms with Crippen LogP contribution in [0.25, 0.3) is 0 Å². The van der Waals surface area contributed by atoms with Crippen LogP contribution in [0.4, 0.5) is 4.79 Å². The molecule has 6 heteroatoms. The van der Waals surface area contributed by atoms with Crippen molar-refractivity contribution in [3.63, 3.8) is 0 Å². The van der Waals surface area contributed by atoms with Crippen molar-refractivity contribution in [2.24, 2.45) is 5.92 Å². The first-order valence-corrected chi connectivity index (χ1v) is 8.29. The predicted octanol–water partition coefficient (Wildman–Crippen LogP) is 3.12. The number of thiophene rings is 1. The van der Waals surface area contributed by atoms with Crippen molar-refractivity contribution in [2.75, 3.05) is 6.54 Å². The Kier molecular flexibility index (Phi) is 6.17. The molecular weight excluding hydrogens is 312 g/mol. The Bertz CT molecular complexity index is 638. The normalized spacial score (nSPS) is 11.7. The lowest BCUT2D eigenvalue weighted by Crippen LogP contribution is -2.37. The molecule has 23 heavy (non-hydrogen) atoms. The van der Waals surface area contributed by atoms with Gasteiger partial charge in [0.15, 0.2) is 0 Å². The number of aromatic carboxylic acids is 1. The molecule has 0 saturated carbocycles. The number of carboxylic acid groups (broad SMARTS) is 1. The van der Waals surface area contributed by atoms with Gasteiger partial charge in [0.05, 0.1) is 5.56 Å². The first-order chi connectivity index (χ1) is 11.0. The number of carboxylic acids is 1. The lowest BCUT2D eigenvalue weighted by atomic mass is 10.1. The molecule has 5 nitrogen and oxygen atoms in total. The number of carbonyl (C=O) groups is 2. The summed E-state index contributed by atoms with van der Waals surface area (Å²) >= 11 is 1.73. The van der Waals surface area contributed by atoms with Gasteiger partial charge in [0.1, 0.15) is 0 Å². The molecule has 2 rings (SSSR count). The SMILES string of the molecule is CC(CNC(=O)NCc1ccc(C(=O)O)cc1)Cc1cccs1. The highest BCUT2D eigenvalue weighted by Crippen LogP contribution is 2.13. The van der Waals surface area contributed by atoms with Crippen LogP contribution < -0.4 is 10.6 Å². The maximum Gasteiger partial charge on any atom is 0.335 e. The summed E-state index contributed by atoms with van der Waals surface area (Å²) in [6.07, 6.45) is 0.953. The van der Waals surface area contributed by atoms with Crippen molar-refractivity contribution in [2.45, 2.75) is 19.9 Å². The van der Waals surface area contributed by atoms with Crippen LogP contribution in [0, 0.1) is 5.92 Å². The molecule has 1 unspecified atom stereocenters. The van der Waals surface area contributed by atoms with Gasteiger partial charge in [0.25, 0.3) is 0 Å². The van der Waals surface area contributed by atoms with E-state index in [0.717, 1.165) is 12.0 Å². The standard InChI is InChI=1S/C17H20N2O3S/c1-12(9-15-3-2-8-23-15)10-18-17(22)19-11-13-4-6-14(7-5-13)16(20)21/h2-8,12H,9-11H2,1H3,(H,20,21)(H2,18,19,22). The predicted molar refractivity (Wildman–Crippen MR) is 90.8 cm³/mol. The third kappa shape index (κ3) is 5.75. The van der Waals surface area contributed by atoms with Gasteiger partial charge in [-0.15, -0.1) is 11.3 Å². The monoisotopic (exact) mass is 332 g/mol. The number of benzene rings is 1. The van der Waals surface area contributed by atoms with Crippen molar-refractivity contribution >= 4 is 23.3 Å². The Morgan fingerprint density at radius 3 is 2.52 bits per heavy atom. The summed E-state index contributed by atoms with van der Waals surface area (Å²) in [5, 5.41) is 16.5. The van der Waals surface area contributed by atoms with Crippen molar-refractivity contribution in [1.29, 1.82) is 0 Å². The van der Waals surface area contributed by atoms with E-state index >= 15 is 0 Å². The molecule has 0 aliphatic rings. The molecule has 122 valence electrons. The minimum atomic E-state index is -0.956. The summed E-state index contributed by atoms with van der Waals surface area (Å²) in [4.78, 5) is 23.9. The van der Waals surface area contributed by atoms with E-state index in [2.05, 4.69) is 29.0 Å². The lowest BCUT2D eigenvalue weighted by molar-refractivity contribution is 0.0697. The van der Waals surface area contributed by atoms with Crippen LogP contribution >= 0.6 is 11.3 Å². The van der Waals surface area contributed by atoms with Gasteiger partial charge in [-0.3, -0.25) is 0 Å². The van der Waals surface area contributed by atoms with Gasteiger partial charge in [-0.25, -0.2) is 9.59 Å². The van der Waals surface area contributed by atoms with E-state index in [0.29, 0.717) is 19.0 Å². The van der Waals surface area contributed by atoms with Crippen LogP contribution in [-0.4, -0.2) is 23.7 Å². The molecule has 0 aliphatic carbocycles. The number of urea groups is 1. The fourth-order valence-corrected chi connectivity index (χ4v) is 2.99. The van der Waals surface area contributed by atoms with Crippen molar-refractivity contribution in [3.8, 4) is 0 Å². The molecular formula is C17H20N2O3S. The highest BCUT2D eigenvalue weighted by molar-refractivity contribution is 7.09. The van der Waals surface area contributed by atoms with Crippen molar-refractivity contribution < 1.29 is 14.7 Å². The average molecular weight is 332 g/mol. The molecule has 1 heterocycles. The molecule has 0 bridgehead atoms. The van der Waals surface area contributed by atoms with Crippen LogP contribution in [0.3, 0.4) is 0 Å². The Balaban J connectivity index is 1.69. The summed E-state index contributed by atoms with van der Waals surface area (Å²) in [5.74, 6) is -0.587. The Hall–Kier alpha value is -2.34. The van der Waals surface area contributed by atoms with Crippen LogP contribution in [0.1, 0.15) is 27.7 Å². The summed E-state index contributed by atoms with van der Waals surface area (Å²) in [6.45, 7) is 3.08. The van der Waals surface area contributed by atoms with Gasteiger partial charge in [-0.05, 0) is 41.5 Å². The third-order valence-electron chi connectivity index (χ3n) is 3.39. The second-order valence-corrected chi connectivity index (χ2v) is 6.49. The van der Waals surface area contributed by atoms with Crippen molar-refractivity contribution in [3.05, 3.63) is 57.8 Å². The molecule has 0 spiro atoms. The quantitative estimate of drug-likeness (QED) is 0.729. The Labute approximate surface area is 139 Å². The molecule has 1 atom stereocenters. The average Bonchev–Trinajstić information content (AvgIpc) is 3.04. The number of carbonyl (C=O) groups excluding carboxylic acids is 1. The van der Waals surface area contributed by atoms with Gasteiger partial charge in [0, 0.05) is 18.0 Å². The summed E-state index contributed by atoms with van der Waals surface area (Å²) < 4.78 is 0. The summed E-state index contributed by atoms with van der Waals surface area (Å²) in [6, 6.07) is 10.4. The largest absolute Gasteiger partial charge is 0.478 e. The van der Waals surface area contributed by atoms with E-state index < -0.39 is 5.97 Å². The van der Waals surface area contributed by atoms with Gasteiger partial charge >= 0.3 is 12.0 Å². The van der Waals surface area contributed by atoms with Crippen LogP contribution in [0.15, 0.2) is 41.8 Å². The van der Waals surface area contributed by atoms with Crippen LogP contribution in [0.2, 0.25) is 0 Å². The fourth-order valence-electron chi connectivity index (χ4n) is 2.12. The molecule has 3 N–H and O–H groups in total. The highest BCUT2D eigenvalue weighted by atomic mass is 32.1. The molecule has 1 aromatic carbocycles. The molecule has 2 amide bonds. The Morgan fingerprint density at radius 2 is 1.91 bits per heavy atom. The first-order valence-electron chi connectivity index (χ1n) is 7.41. The molecule has 0 aliphatic heterocycles. The lowest BCUT2D eigenvalue weighted by Gasteiger charge is -2.12. The highest BCUT2D eigenvalue weighted by Gasteiger charge is 2.07. The molecule has 2 aromatic rings. The van der Waals surface area contributed by atoms with E-state index in [-0.39, 0.29) is 11.6 Å². The molecule has 0 saturated heterocycles. The van der Waals surface area contributed by atoms with Crippen LogP contribution in [0.5, 0.6) is 0 Å². The molecule has 0 radical (unpaired) electrons. The number of rotatable bonds is 7. The third-order valence-corrected chi connectivity index (χ3v) is 4.29. The van der Waals surface area contributed by atoms with E-state index in [1.807, 2.05) is 6.07 Å².